The van der Waals surface area contributed by atoms with Crippen molar-refractivity contribution in [3.8, 4) is 0 Å². The highest BCUT2D eigenvalue weighted by Crippen LogP contribution is 2.19. The van der Waals surface area contributed by atoms with Crippen molar-refractivity contribution >= 4 is 6.09 Å². The van der Waals surface area contributed by atoms with E-state index < -0.39 is 12.2 Å². The van der Waals surface area contributed by atoms with Gasteiger partial charge in [-0.3, -0.25) is 0 Å². The van der Waals surface area contributed by atoms with Gasteiger partial charge in [-0.1, -0.05) is 29.8 Å². The monoisotopic (exact) mass is 265 g/mol. The van der Waals surface area contributed by atoms with Gasteiger partial charge < -0.3 is 19.8 Å². The van der Waals surface area contributed by atoms with Crippen LogP contribution in [-0.4, -0.2) is 46.5 Å². The molecule has 19 heavy (non-hydrogen) atoms. The average Bonchev–Trinajstić information content (AvgIpc) is 2.79. The first kappa shape index (κ1) is 13.8. The molecule has 1 fully saturated rings. The van der Waals surface area contributed by atoms with Crippen LogP contribution in [0, 0.1) is 6.92 Å². The van der Waals surface area contributed by atoms with Gasteiger partial charge in [-0.25, -0.2) is 4.79 Å². The molecule has 5 nitrogen and oxygen atoms in total. The van der Waals surface area contributed by atoms with E-state index in [2.05, 4.69) is 0 Å². The van der Waals surface area contributed by atoms with Crippen LogP contribution in [0.15, 0.2) is 24.3 Å². The third-order valence-electron chi connectivity index (χ3n) is 3.32. The second-order valence-corrected chi connectivity index (χ2v) is 4.92. The van der Waals surface area contributed by atoms with E-state index in [1.54, 1.807) is 0 Å². The molecule has 0 saturated carbocycles. The SMILES string of the molecule is Cc1ccc(COC(=O)N2C[C@H](O)C[C@H]2CO)cc1. The van der Waals surface area contributed by atoms with Crippen LogP contribution < -0.4 is 0 Å². The molecule has 1 amide bonds. The Labute approximate surface area is 112 Å². The topological polar surface area (TPSA) is 70.0 Å². The molecule has 0 spiro atoms. The van der Waals surface area contributed by atoms with E-state index >= 15 is 0 Å². The predicted molar refractivity (Wildman–Crippen MR) is 69.6 cm³/mol. The van der Waals surface area contributed by atoms with Crippen molar-refractivity contribution in [3.63, 3.8) is 0 Å². The van der Waals surface area contributed by atoms with Gasteiger partial charge in [0.2, 0.25) is 0 Å². The summed E-state index contributed by atoms with van der Waals surface area (Å²) in [6.45, 7) is 2.26. The molecule has 0 aromatic heterocycles. The second kappa shape index (κ2) is 6.04. The Balaban J connectivity index is 1.89. The van der Waals surface area contributed by atoms with Gasteiger partial charge in [-0.15, -0.1) is 0 Å². The van der Waals surface area contributed by atoms with Gasteiger partial charge in [0.15, 0.2) is 0 Å². The highest BCUT2D eigenvalue weighted by molar-refractivity contribution is 5.68. The number of aryl methyl sites for hydroxylation is 1. The van der Waals surface area contributed by atoms with Crippen molar-refractivity contribution in [2.45, 2.75) is 32.1 Å². The third-order valence-corrected chi connectivity index (χ3v) is 3.32. The van der Waals surface area contributed by atoms with Crippen LogP contribution in [0.5, 0.6) is 0 Å². The van der Waals surface area contributed by atoms with E-state index in [1.807, 2.05) is 31.2 Å². The number of hydrogen-bond donors (Lipinski definition) is 2. The van der Waals surface area contributed by atoms with Crippen LogP contribution in [0.4, 0.5) is 4.79 Å². The summed E-state index contributed by atoms with van der Waals surface area (Å²) in [6, 6.07) is 7.38. The number of rotatable bonds is 3. The van der Waals surface area contributed by atoms with E-state index in [1.165, 1.54) is 4.90 Å². The molecule has 1 heterocycles. The first-order valence-corrected chi connectivity index (χ1v) is 6.38. The lowest BCUT2D eigenvalue weighted by molar-refractivity contribution is 0.0772. The van der Waals surface area contributed by atoms with E-state index in [0.29, 0.717) is 6.42 Å². The number of likely N-dealkylation sites (tertiary alicyclic amines) is 1. The molecule has 2 rings (SSSR count). The van der Waals surface area contributed by atoms with Crippen molar-refractivity contribution in [2.24, 2.45) is 0 Å². The summed E-state index contributed by atoms with van der Waals surface area (Å²) < 4.78 is 5.20. The number of carbonyl (C=O) groups is 1. The molecule has 1 aromatic rings. The summed E-state index contributed by atoms with van der Waals surface area (Å²) in [7, 11) is 0. The van der Waals surface area contributed by atoms with Crippen molar-refractivity contribution in [1.29, 1.82) is 0 Å². The van der Waals surface area contributed by atoms with E-state index in [-0.39, 0.29) is 25.8 Å². The first-order chi connectivity index (χ1) is 9.10. The Morgan fingerprint density at radius 1 is 1.42 bits per heavy atom. The van der Waals surface area contributed by atoms with Gasteiger partial charge in [-0.05, 0) is 18.9 Å². The van der Waals surface area contributed by atoms with Crippen molar-refractivity contribution in [3.05, 3.63) is 35.4 Å². The van der Waals surface area contributed by atoms with Crippen LogP contribution in [0.25, 0.3) is 0 Å². The van der Waals surface area contributed by atoms with Crippen LogP contribution in [0.3, 0.4) is 0 Å². The number of ether oxygens (including phenoxy) is 1. The van der Waals surface area contributed by atoms with Crippen molar-refractivity contribution < 1.29 is 19.7 Å². The molecule has 1 aliphatic rings. The zero-order valence-corrected chi connectivity index (χ0v) is 11.0. The first-order valence-electron chi connectivity index (χ1n) is 6.38. The van der Waals surface area contributed by atoms with Gasteiger partial charge in [-0.2, -0.15) is 0 Å². The summed E-state index contributed by atoms with van der Waals surface area (Å²) in [6.07, 6.45) is -0.670. The maximum atomic E-state index is 11.9. The number of aliphatic hydroxyl groups excluding tert-OH is 2. The second-order valence-electron chi connectivity index (χ2n) is 4.92. The molecule has 0 radical (unpaired) electrons. The Morgan fingerprint density at radius 2 is 2.11 bits per heavy atom. The number of β-amino-alcohol motifs (C(OH)–C–C–N with tert-alkyl or cyclic N) is 1. The van der Waals surface area contributed by atoms with Crippen LogP contribution in [0.1, 0.15) is 17.5 Å². The van der Waals surface area contributed by atoms with E-state index in [4.69, 9.17) is 9.84 Å². The molecule has 0 aliphatic carbocycles. The zero-order chi connectivity index (χ0) is 13.8. The molecule has 1 aromatic carbocycles. The van der Waals surface area contributed by atoms with Crippen molar-refractivity contribution in [2.75, 3.05) is 13.2 Å². The van der Waals surface area contributed by atoms with E-state index in [9.17, 15) is 9.90 Å². The normalized spacial score (nSPS) is 22.6. The number of carbonyl (C=O) groups excluding carboxylic acids is 1. The number of amides is 1. The lowest BCUT2D eigenvalue weighted by atomic mass is 10.2. The molecule has 104 valence electrons. The molecule has 2 N–H and O–H groups in total. The summed E-state index contributed by atoms with van der Waals surface area (Å²) in [4.78, 5) is 13.3. The number of nitrogens with zero attached hydrogens (tertiary/aromatic N) is 1. The summed E-state index contributed by atoms with van der Waals surface area (Å²) >= 11 is 0. The molecule has 1 saturated heterocycles. The molecular weight excluding hydrogens is 246 g/mol. The van der Waals surface area contributed by atoms with Gasteiger partial charge in [0.25, 0.3) is 0 Å². The quantitative estimate of drug-likeness (QED) is 0.857. The summed E-state index contributed by atoms with van der Waals surface area (Å²) in [5, 5.41) is 18.7. The largest absolute Gasteiger partial charge is 0.445 e. The lowest BCUT2D eigenvalue weighted by Crippen LogP contribution is -2.38. The fourth-order valence-corrected chi connectivity index (χ4v) is 2.20. The lowest BCUT2D eigenvalue weighted by Gasteiger charge is -2.21. The predicted octanol–water partition coefficient (Wildman–Crippen LogP) is 1.06. The minimum Gasteiger partial charge on any atom is -0.445 e. The maximum absolute atomic E-state index is 11.9. The number of benzene rings is 1. The fourth-order valence-electron chi connectivity index (χ4n) is 2.20. The Kier molecular flexibility index (Phi) is 4.39. The van der Waals surface area contributed by atoms with Crippen LogP contribution in [0.2, 0.25) is 0 Å². The third kappa shape index (κ3) is 3.45. The smallest absolute Gasteiger partial charge is 0.410 e. The average molecular weight is 265 g/mol. The van der Waals surface area contributed by atoms with Gasteiger partial charge in [0, 0.05) is 0 Å². The fraction of sp³-hybridized carbons (Fsp3) is 0.500. The maximum Gasteiger partial charge on any atom is 0.410 e. The van der Waals surface area contributed by atoms with Crippen LogP contribution in [-0.2, 0) is 11.3 Å². The zero-order valence-electron chi connectivity index (χ0n) is 11.0. The number of aliphatic hydroxyl groups is 2. The standard InChI is InChI=1S/C14H19NO4/c1-10-2-4-11(5-3-10)9-19-14(18)15-7-13(17)6-12(15)8-16/h2-5,12-13,16-17H,6-9H2,1H3/t12-,13+/m0/s1. The van der Waals surface area contributed by atoms with E-state index in [0.717, 1.165) is 11.1 Å². The highest BCUT2D eigenvalue weighted by atomic mass is 16.6. The summed E-state index contributed by atoms with van der Waals surface area (Å²) in [5.41, 5.74) is 2.07. The van der Waals surface area contributed by atoms with Gasteiger partial charge in [0.05, 0.1) is 25.3 Å². The molecule has 0 bridgehead atoms. The Hall–Kier alpha value is -1.59. The minimum absolute atomic E-state index is 0.156. The molecule has 2 atom stereocenters. The molecular formula is C14H19NO4. The van der Waals surface area contributed by atoms with Crippen molar-refractivity contribution in [1.82, 2.24) is 4.90 Å². The van der Waals surface area contributed by atoms with Gasteiger partial charge >= 0.3 is 6.09 Å². The molecule has 5 heteroatoms. The molecule has 1 aliphatic heterocycles. The highest BCUT2D eigenvalue weighted by Gasteiger charge is 2.34. The number of hydrogen-bond acceptors (Lipinski definition) is 4. The summed E-state index contributed by atoms with van der Waals surface area (Å²) in [5.74, 6) is 0. The minimum atomic E-state index is -0.580. The van der Waals surface area contributed by atoms with Crippen LogP contribution >= 0.6 is 0 Å². The van der Waals surface area contributed by atoms with Gasteiger partial charge in [0.1, 0.15) is 6.61 Å². The Morgan fingerprint density at radius 3 is 2.74 bits per heavy atom. The molecule has 0 unspecified atom stereocenters. The Bertz CT molecular complexity index is 432.